The lowest BCUT2D eigenvalue weighted by Crippen LogP contribution is -2.37. The molecule has 2 aromatic heterocycles. The fourth-order valence-corrected chi connectivity index (χ4v) is 4.82. The van der Waals surface area contributed by atoms with Gasteiger partial charge in [0.1, 0.15) is 16.4 Å². The van der Waals surface area contributed by atoms with E-state index in [1.807, 2.05) is 36.6 Å². The third-order valence-electron chi connectivity index (χ3n) is 5.47. The Morgan fingerprint density at radius 2 is 2.00 bits per heavy atom. The molecule has 1 N–H and O–H groups in total. The van der Waals surface area contributed by atoms with Crippen molar-refractivity contribution in [2.75, 3.05) is 26.8 Å². The summed E-state index contributed by atoms with van der Waals surface area (Å²) in [6.07, 6.45) is 1.54. The lowest BCUT2D eigenvalue weighted by molar-refractivity contribution is -0.149. The van der Waals surface area contributed by atoms with Gasteiger partial charge in [0.25, 0.3) is 5.56 Å². The number of hydrogen-bond donors (Lipinski definition) is 1. The zero-order chi connectivity index (χ0) is 21.1. The molecule has 0 amide bonds. The van der Waals surface area contributed by atoms with E-state index in [1.54, 1.807) is 7.11 Å². The van der Waals surface area contributed by atoms with Crippen LogP contribution in [0.4, 0.5) is 0 Å². The van der Waals surface area contributed by atoms with E-state index in [1.165, 1.54) is 11.3 Å². The Hall–Kier alpha value is -2.71. The summed E-state index contributed by atoms with van der Waals surface area (Å²) in [5.41, 5.74) is 1.72. The third-order valence-corrected chi connectivity index (χ3v) is 6.35. The number of nitrogens with one attached hydrogen (secondary N) is 1. The second-order valence-electron chi connectivity index (χ2n) is 7.37. The van der Waals surface area contributed by atoms with Crippen molar-refractivity contribution in [3.05, 3.63) is 45.8 Å². The van der Waals surface area contributed by atoms with E-state index >= 15 is 0 Å². The van der Waals surface area contributed by atoms with Crippen molar-refractivity contribution < 1.29 is 14.3 Å². The minimum absolute atomic E-state index is 0.0277. The minimum atomic E-state index is -0.122. The summed E-state index contributed by atoms with van der Waals surface area (Å²) in [4.78, 5) is 35.4. The molecule has 0 bridgehead atoms. The van der Waals surface area contributed by atoms with Crippen LogP contribution < -0.4 is 10.3 Å². The number of rotatable bonds is 6. The first kappa shape index (κ1) is 20.6. The van der Waals surface area contributed by atoms with Gasteiger partial charge in [-0.25, -0.2) is 4.98 Å². The van der Waals surface area contributed by atoms with Gasteiger partial charge in [0, 0.05) is 10.9 Å². The van der Waals surface area contributed by atoms with Crippen LogP contribution in [0.25, 0.3) is 21.3 Å². The number of ether oxygens (including phenoxy) is 2. The summed E-state index contributed by atoms with van der Waals surface area (Å²) in [7, 11) is 1.63. The van der Waals surface area contributed by atoms with Crippen molar-refractivity contribution in [1.29, 1.82) is 0 Å². The molecule has 8 heteroatoms. The molecule has 1 aliphatic heterocycles. The molecule has 0 aliphatic carbocycles. The van der Waals surface area contributed by atoms with E-state index in [2.05, 4.69) is 9.88 Å². The maximum atomic E-state index is 12.8. The van der Waals surface area contributed by atoms with E-state index < -0.39 is 0 Å². The molecule has 0 unspecified atom stereocenters. The molecule has 3 aromatic rings. The number of fused-ring (bicyclic) bond motifs is 1. The van der Waals surface area contributed by atoms with Crippen molar-refractivity contribution >= 4 is 27.5 Å². The zero-order valence-electron chi connectivity index (χ0n) is 17.1. The molecule has 3 heterocycles. The summed E-state index contributed by atoms with van der Waals surface area (Å²) in [6.45, 7) is 4.38. The Labute approximate surface area is 178 Å². The SMILES string of the molecule is CCOC(=O)C1CCN(Cc2nc3scc(-c4ccc(OC)cc4)c3c(=O)[nH]2)CC1. The summed E-state index contributed by atoms with van der Waals surface area (Å²) >= 11 is 1.48. The Bertz CT molecular complexity index is 1080. The molecule has 30 heavy (non-hydrogen) atoms. The fourth-order valence-electron chi connectivity index (χ4n) is 3.85. The van der Waals surface area contributed by atoms with E-state index in [0.717, 1.165) is 47.6 Å². The van der Waals surface area contributed by atoms with Crippen LogP contribution in [0, 0.1) is 5.92 Å². The highest BCUT2D eigenvalue weighted by molar-refractivity contribution is 7.17. The third kappa shape index (κ3) is 4.24. The average molecular weight is 428 g/mol. The largest absolute Gasteiger partial charge is 0.497 e. The van der Waals surface area contributed by atoms with Crippen LogP contribution in [-0.4, -0.2) is 47.6 Å². The highest BCUT2D eigenvalue weighted by atomic mass is 32.1. The van der Waals surface area contributed by atoms with Gasteiger partial charge >= 0.3 is 5.97 Å². The van der Waals surface area contributed by atoms with Crippen molar-refractivity contribution in [3.8, 4) is 16.9 Å². The number of carbonyl (C=O) groups is 1. The number of nitrogens with zero attached hydrogens (tertiary/aromatic N) is 2. The number of piperidine rings is 1. The normalized spacial score (nSPS) is 15.4. The number of likely N-dealkylation sites (tertiary alicyclic amines) is 1. The van der Waals surface area contributed by atoms with Crippen LogP contribution in [0.3, 0.4) is 0 Å². The maximum absolute atomic E-state index is 12.8. The lowest BCUT2D eigenvalue weighted by atomic mass is 9.97. The van der Waals surface area contributed by atoms with Gasteiger partial charge in [-0.3, -0.25) is 14.5 Å². The molecule has 1 aliphatic rings. The second kappa shape index (κ2) is 8.97. The monoisotopic (exact) mass is 427 g/mol. The summed E-state index contributed by atoms with van der Waals surface area (Å²) in [5, 5.41) is 2.60. The molecule has 0 atom stereocenters. The van der Waals surface area contributed by atoms with Crippen LogP contribution in [-0.2, 0) is 16.1 Å². The number of thiophene rings is 1. The van der Waals surface area contributed by atoms with Crippen LogP contribution >= 0.6 is 11.3 Å². The first-order valence-corrected chi connectivity index (χ1v) is 11.0. The molecule has 0 saturated carbocycles. The van der Waals surface area contributed by atoms with Crippen LogP contribution in [0.2, 0.25) is 0 Å². The molecule has 7 nitrogen and oxygen atoms in total. The quantitative estimate of drug-likeness (QED) is 0.607. The summed E-state index contributed by atoms with van der Waals surface area (Å²) < 4.78 is 10.3. The van der Waals surface area contributed by atoms with Gasteiger partial charge in [-0.2, -0.15) is 0 Å². The number of hydrogen-bond acceptors (Lipinski definition) is 7. The highest BCUT2D eigenvalue weighted by Crippen LogP contribution is 2.31. The van der Waals surface area contributed by atoms with Crippen molar-refractivity contribution in [3.63, 3.8) is 0 Å². The number of esters is 1. The number of benzene rings is 1. The predicted octanol–water partition coefficient (Wildman–Crippen LogP) is 3.44. The Balaban J connectivity index is 1.49. The Kier molecular flexibility index (Phi) is 6.15. The number of aromatic amines is 1. The van der Waals surface area contributed by atoms with Crippen molar-refractivity contribution in [2.45, 2.75) is 26.3 Å². The molecule has 1 fully saturated rings. The lowest BCUT2D eigenvalue weighted by Gasteiger charge is -2.30. The number of H-pyrrole nitrogens is 1. The standard InChI is InChI=1S/C22H25N3O4S/c1-3-29-22(27)15-8-10-25(11-9-15)12-18-23-20(26)19-17(13-30-21(19)24-18)14-4-6-16(28-2)7-5-14/h4-7,13,15H,3,8-12H2,1-2H3,(H,23,24,26). The maximum Gasteiger partial charge on any atom is 0.309 e. The van der Waals surface area contributed by atoms with E-state index in [9.17, 15) is 9.59 Å². The molecule has 158 valence electrons. The molecular weight excluding hydrogens is 402 g/mol. The first-order valence-electron chi connectivity index (χ1n) is 10.1. The fraction of sp³-hybridized carbons (Fsp3) is 0.409. The molecule has 0 spiro atoms. The van der Waals surface area contributed by atoms with Gasteiger partial charge in [0.05, 0.1) is 31.6 Å². The molecule has 4 rings (SSSR count). The minimum Gasteiger partial charge on any atom is -0.497 e. The topological polar surface area (TPSA) is 84.5 Å². The van der Waals surface area contributed by atoms with Gasteiger partial charge < -0.3 is 14.5 Å². The van der Waals surface area contributed by atoms with Crippen LogP contribution in [0.5, 0.6) is 5.75 Å². The Morgan fingerprint density at radius 3 is 2.67 bits per heavy atom. The number of methoxy groups -OCH3 is 1. The van der Waals surface area contributed by atoms with E-state index in [4.69, 9.17) is 14.5 Å². The van der Waals surface area contributed by atoms with Gasteiger partial charge in [-0.15, -0.1) is 11.3 Å². The van der Waals surface area contributed by atoms with Gasteiger partial charge in [0.15, 0.2) is 0 Å². The second-order valence-corrected chi connectivity index (χ2v) is 8.23. The smallest absolute Gasteiger partial charge is 0.309 e. The molecule has 0 radical (unpaired) electrons. The summed E-state index contributed by atoms with van der Waals surface area (Å²) in [6, 6.07) is 7.66. The van der Waals surface area contributed by atoms with E-state index in [0.29, 0.717) is 24.4 Å². The van der Waals surface area contributed by atoms with Crippen molar-refractivity contribution in [2.24, 2.45) is 5.92 Å². The van der Waals surface area contributed by atoms with Gasteiger partial charge in [-0.05, 0) is 50.6 Å². The Morgan fingerprint density at radius 1 is 1.27 bits per heavy atom. The van der Waals surface area contributed by atoms with Crippen molar-refractivity contribution in [1.82, 2.24) is 14.9 Å². The highest BCUT2D eigenvalue weighted by Gasteiger charge is 2.26. The zero-order valence-corrected chi connectivity index (χ0v) is 18.0. The molecule has 1 saturated heterocycles. The summed E-state index contributed by atoms with van der Waals surface area (Å²) in [5.74, 6) is 1.30. The molecular formula is C22H25N3O4S. The van der Waals surface area contributed by atoms with Gasteiger partial charge in [-0.1, -0.05) is 12.1 Å². The van der Waals surface area contributed by atoms with Crippen LogP contribution in [0.1, 0.15) is 25.6 Å². The van der Waals surface area contributed by atoms with E-state index in [-0.39, 0.29) is 17.4 Å². The average Bonchev–Trinajstić information content (AvgIpc) is 3.19. The molecule has 1 aromatic carbocycles. The first-order chi connectivity index (χ1) is 14.6. The number of aromatic nitrogens is 2. The van der Waals surface area contributed by atoms with Crippen LogP contribution in [0.15, 0.2) is 34.4 Å². The van der Waals surface area contributed by atoms with Gasteiger partial charge in [0.2, 0.25) is 0 Å². The predicted molar refractivity (Wildman–Crippen MR) is 117 cm³/mol. The number of carbonyl (C=O) groups excluding carboxylic acids is 1.